The topological polar surface area (TPSA) is 0 Å². The van der Waals surface area contributed by atoms with Crippen LogP contribution < -0.4 is 10.4 Å². The normalized spacial score (nSPS) is 15.7. The van der Waals surface area contributed by atoms with Crippen LogP contribution in [0.15, 0.2) is 60.7 Å². The summed E-state index contributed by atoms with van der Waals surface area (Å²) in [6.07, 6.45) is 1.43. The molecule has 0 N–H and O–H groups in total. The summed E-state index contributed by atoms with van der Waals surface area (Å²) < 4.78 is 31.3. The Morgan fingerprint density at radius 2 is 1.00 bits per heavy atom. The standard InChI is InChI=1S/C20H24F2Si2/c1-3-15-23(21,19-11-7-5-8-12-19)17-18-24(22,16-4-2)20-13-9-6-10-14-20/h5-14H,3-4,15-16H2,1-2H3. The quantitative estimate of drug-likeness (QED) is 0.404. The van der Waals surface area contributed by atoms with Crippen LogP contribution in [0.3, 0.4) is 0 Å². The van der Waals surface area contributed by atoms with Crippen molar-refractivity contribution in [1.29, 1.82) is 0 Å². The molecule has 0 fully saturated rings. The van der Waals surface area contributed by atoms with Gasteiger partial charge in [0.25, 0.3) is 0 Å². The van der Waals surface area contributed by atoms with Crippen molar-refractivity contribution < 1.29 is 8.22 Å². The monoisotopic (exact) mass is 358 g/mol. The molecule has 126 valence electrons. The maximum atomic E-state index is 15.6. The Labute approximate surface area is 146 Å². The van der Waals surface area contributed by atoms with Crippen LogP contribution in [0.4, 0.5) is 8.22 Å². The molecule has 2 aromatic rings. The van der Waals surface area contributed by atoms with E-state index in [-0.39, 0.29) is 0 Å². The van der Waals surface area contributed by atoms with Gasteiger partial charge in [-0.2, -0.15) is 0 Å². The summed E-state index contributed by atoms with van der Waals surface area (Å²) >= 11 is 0. The molecule has 4 heteroatoms. The van der Waals surface area contributed by atoms with Crippen molar-refractivity contribution >= 4 is 27.2 Å². The van der Waals surface area contributed by atoms with E-state index in [4.69, 9.17) is 0 Å². The van der Waals surface area contributed by atoms with Gasteiger partial charge in [-0.05, 0) is 22.5 Å². The van der Waals surface area contributed by atoms with E-state index in [1.54, 1.807) is 24.3 Å². The lowest BCUT2D eigenvalue weighted by Gasteiger charge is -2.19. The lowest BCUT2D eigenvalue weighted by atomic mass is 10.4. The minimum Gasteiger partial charge on any atom is -0.291 e. The van der Waals surface area contributed by atoms with Crippen molar-refractivity contribution in [1.82, 2.24) is 0 Å². The Hall–Kier alpha value is -1.71. The van der Waals surface area contributed by atoms with E-state index in [2.05, 4.69) is 11.1 Å². The third kappa shape index (κ3) is 4.43. The lowest BCUT2D eigenvalue weighted by Crippen LogP contribution is -2.46. The first-order valence-electron chi connectivity index (χ1n) is 8.57. The van der Waals surface area contributed by atoms with E-state index in [1.807, 2.05) is 50.2 Å². The molecule has 2 atom stereocenters. The van der Waals surface area contributed by atoms with Crippen LogP contribution in [0, 0.1) is 11.1 Å². The van der Waals surface area contributed by atoms with Gasteiger partial charge in [0, 0.05) is 0 Å². The molecule has 0 spiro atoms. The van der Waals surface area contributed by atoms with Crippen LogP contribution in [0.2, 0.25) is 12.1 Å². The first-order valence-corrected chi connectivity index (χ1v) is 12.7. The van der Waals surface area contributed by atoms with Gasteiger partial charge in [0.1, 0.15) is 0 Å². The van der Waals surface area contributed by atoms with E-state index in [1.165, 1.54) is 0 Å². The maximum Gasteiger partial charge on any atom is 0.353 e. The largest absolute Gasteiger partial charge is 0.353 e. The molecule has 0 aromatic heterocycles. The number of benzene rings is 2. The second-order valence-electron chi connectivity index (χ2n) is 6.08. The third-order valence-corrected chi connectivity index (χ3v) is 10.3. The molecule has 2 unspecified atom stereocenters. The minimum atomic E-state index is -3.46. The molecular formula is C20H24F2Si2. The van der Waals surface area contributed by atoms with E-state index in [0.717, 1.165) is 0 Å². The van der Waals surface area contributed by atoms with Crippen LogP contribution in [0.1, 0.15) is 26.7 Å². The average Bonchev–Trinajstić information content (AvgIpc) is 2.62. The van der Waals surface area contributed by atoms with Gasteiger partial charge in [0.15, 0.2) is 0 Å². The van der Waals surface area contributed by atoms with Gasteiger partial charge in [-0.3, -0.25) is 8.22 Å². The fourth-order valence-electron chi connectivity index (χ4n) is 2.85. The summed E-state index contributed by atoms with van der Waals surface area (Å²) in [5.74, 6) is 0. The van der Waals surface area contributed by atoms with Crippen LogP contribution >= 0.6 is 0 Å². The van der Waals surface area contributed by atoms with Crippen LogP contribution in [-0.4, -0.2) is 16.8 Å². The molecule has 2 rings (SSSR count). The highest BCUT2D eigenvalue weighted by Gasteiger charge is 2.38. The number of hydrogen-bond acceptors (Lipinski definition) is 0. The van der Waals surface area contributed by atoms with E-state index in [0.29, 0.717) is 35.3 Å². The highest BCUT2D eigenvalue weighted by Crippen LogP contribution is 2.17. The molecule has 0 saturated heterocycles. The number of rotatable bonds is 6. The lowest BCUT2D eigenvalue weighted by molar-refractivity contribution is 0.795. The van der Waals surface area contributed by atoms with Crippen molar-refractivity contribution in [2.24, 2.45) is 0 Å². The van der Waals surface area contributed by atoms with Crippen LogP contribution in [0.5, 0.6) is 0 Å². The Morgan fingerprint density at radius 1 is 0.667 bits per heavy atom. The Balaban J connectivity index is 2.44. The van der Waals surface area contributed by atoms with Gasteiger partial charge >= 0.3 is 16.8 Å². The maximum absolute atomic E-state index is 15.6. The van der Waals surface area contributed by atoms with Crippen molar-refractivity contribution in [2.75, 3.05) is 0 Å². The summed E-state index contributed by atoms with van der Waals surface area (Å²) in [4.78, 5) is 0. The van der Waals surface area contributed by atoms with Gasteiger partial charge in [-0.15, -0.1) is 0 Å². The van der Waals surface area contributed by atoms with E-state index < -0.39 is 16.8 Å². The third-order valence-electron chi connectivity index (χ3n) is 4.11. The Kier molecular flexibility index (Phi) is 6.53. The first kappa shape index (κ1) is 18.6. The Morgan fingerprint density at radius 3 is 1.29 bits per heavy atom. The van der Waals surface area contributed by atoms with Gasteiger partial charge < -0.3 is 0 Å². The average molecular weight is 359 g/mol. The van der Waals surface area contributed by atoms with E-state index in [9.17, 15) is 0 Å². The molecule has 0 aliphatic heterocycles. The van der Waals surface area contributed by atoms with Gasteiger partial charge in [0.2, 0.25) is 0 Å². The summed E-state index contributed by atoms with van der Waals surface area (Å²) in [6, 6.07) is 19.1. The molecule has 0 aliphatic rings. The number of halogens is 2. The van der Waals surface area contributed by atoms with Crippen molar-refractivity contribution in [3.8, 4) is 11.1 Å². The summed E-state index contributed by atoms with van der Waals surface area (Å²) in [7, 11) is -6.93. The van der Waals surface area contributed by atoms with Crippen LogP contribution in [-0.2, 0) is 0 Å². The van der Waals surface area contributed by atoms with Gasteiger partial charge in [-0.1, -0.05) is 98.4 Å². The summed E-state index contributed by atoms with van der Waals surface area (Å²) in [5, 5.41) is 1.31. The van der Waals surface area contributed by atoms with E-state index >= 15 is 8.22 Å². The Bertz CT molecular complexity index is 634. The van der Waals surface area contributed by atoms with Crippen molar-refractivity contribution in [3.63, 3.8) is 0 Å². The predicted molar refractivity (Wildman–Crippen MR) is 104 cm³/mol. The number of hydrogen-bond donors (Lipinski definition) is 0. The second-order valence-corrected chi connectivity index (χ2v) is 11.9. The molecular weight excluding hydrogens is 334 g/mol. The summed E-state index contributed by atoms with van der Waals surface area (Å²) in [6.45, 7) is 3.91. The fourth-order valence-corrected chi connectivity index (χ4v) is 8.37. The molecule has 0 amide bonds. The van der Waals surface area contributed by atoms with Gasteiger partial charge in [-0.25, -0.2) is 0 Å². The van der Waals surface area contributed by atoms with Crippen LogP contribution in [0.25, 0.3) is 0 Å². The summed E-state index contributed by atoms with van der Waals surface area (Å²) in [5.41, 5.74) is 5.69. The molecule has 2 aromatic carbocycles. The molecule has 0 nitrogen and oxygen atoms in total. The van der Waals surface area contributed by atoms with Gasteiger partial charge in [0.05, 0.1) is 0 Å². The van der Waals surface area contributed by atoms with Crippen molar-refractivity contribution in [3.05, 3.63) is 60.7 Å². The highest BCUT2D eigenvalue weighted by molar-refractivity contribution is 6.97. The smallest absolute Gasteiger partial charge is 0.291 e. The zero-order chi connectivity index (χ0) is 17.5. The molecule has 0 saturated carbocycles. The fraction of sp³-hybridized carbons (Fsp3) is 0.300. The van der Waals surface area contributed by atoms with Crippen molar-refractivity contribution in [2.45, 2.75) is 38.8 Å². The SMILES string of the molecule is CCC[Si](F)(C#C[Si](F)(CCC)c1ccccc1)c1ccccc1. The molecule has 0 aliphatic carbocycles. The zero-order valence-corrected chi connectivity index (χ0v) is 16.4. The highest BCUT2D eigenvalue weighted by atomic mass is 28.4. The molecule has 0 bridgehead atoms. The molecule has 0 radical (unpaired) electrons. The molecule has 0 heterocycles. The molecule has 24 heavy (non-hydrogen) atoms. The first-order chi connectivity index (χ1) is 11.5. The zero-order valence-electron chi connectivity index (χ0n) is 14.4. The minimum absolute atomic E-state index is 0.412. The predicted octanol–water partition coefficient (Wildman–Crippen LogP) is 4.53. The second kappa shape index (κ2) is 8.41.